The fraction of sp³-hybridized carbons (Fsp3) is 0.107. The summed E-state index contributed by atoms with van der Waals surface area (Å²) < 4.78 is 14.0. The molecule has 0 fully saturated rings. The van der Waals surface area contributed by atoms with Gasteiger partial charge in [-0.25, -0.2) is 5.10 Å². The molecule has 0 aliphatic heterocycles. The average molecular weight is 481 g/mol. The van der Waals surface area contributed by atoms with Gasteiger partial charge in [-0.1, -0.05) is 66.7 Å². The summed E-state index contributed by atoms with van der Waals surface area (Å²) in [5, 5.41) is 14.1. The number of ether oxygens (including phenoxy) is 2. The van der Waals surface area contributed by atoms with Crippen molar-refractivity contribution in [2.45, 2.75) is 13.5 Å². The number of rotatable bonds is 8. The number of nitrogens with one attached hydrogen (secondary N) is 1. The van der Waals surface area contributed by atoms with Crippen molar-refractivity contribution in [3.63, 3.8) is 0 Å². The Hall–Kier alpha value is -4.23. The third-order valence-electron chi connectivity index (χ3n) is 5.48. The van der Waals surface area contributed by atoms with Crippen molar-refractivity contribution in [1.82, 2.24) is 14.9 Å². The minimum absolute atomic E-state index is 0.417. The standard InChI is InChI=1S/C28H24N4O2S/c1-2-33-26-17-20(18-29-32-27(30-31-28(32)35)23-9-4-3-5-10-23)13-15-25(26)34-19-21-12-14-22-8-6-7-11-24(22)16-21/h3-18H,2,19H2,1H3,(H,31,35)/b29-18-. The first kappa shape index (κ1) is 22.6. The predicted molar refractivity (Wildman–Crippen MR) is 142 cm³/mol. The van der Waals surface area contributed by atoms with E-state index in [9.17, 15) is 0 Å². The molecule has 1 N–H and O–H groups in total. The Morgan fingerprint density at radius 3 is 2.51 bits per heavy atom. The molecule has 5 rings (SSSR count). The lowest BCUT2D eigenvalue weighted by molar-refractivity contribution is 0.269. The van der Waals surface area contributed by atoms with Crippen LogP contribution in [0.15, 0.2) is 96.1 Å². The van der Waals surface area contributed by atoms with Crippen LogP contribution in [0.2, 0.25) is 0 Å². The van der Waals surface area contributed by atoms with Gasteiger partial charge in [0.25, 0.3) is 0 Å². The SMILES string of the molecule is CCOc1cc(/C=N\n2c(-c3ccccc3)n[nH]c2=S)ccc1OCc1ccc2ccccc2c1. The van der Waals surface area contributed by atoms with Gasteiger partial charge in [0, 0.05) is 5.56 Å². The molecular weight excluding hydrogens is 456 g/mol. The molecule has 0 saturated heterocycles. The highest BCUT2D eigenvalue weighted by atomic mass is 32.1. The Bertz CT molecular complexity index is 1540. The fourth-order valence-corrected chi connectivity index (χ4v) is 3.96. The molecule has 0 aliphatic rings. The first-order chi connectivity index (χ1) is 17.2. The highest BCUT2D eigenvalue weighted by Crippen LogP contribution is 2.29. The Labute approximate surface area is 208 Å². The van der Waals surface area contributed by atoms with Crippen LogP contribution in [-0.4, -0.2) is 27.7 Å². The molecule has 0 atom stereocenters. The zero-order valence-corrected chi connectivity index (χ0v) is 20.0. The van der Waals surface area contributed by atoms with Crippen molar-refractivity contribution in [3.8, 4) is 22.9 Å². The zero-order valence-electron chi connectivity index (χ0n) is 19.2. The summed E-state index contributed by atoms with van der Waals surface area (Å²) in [7, 11) is 0. The second kappa shape index (κ2) is 10.4. The lowest BCUT2D eigenvalue weighted by Gasteiger charge is -2.13. The van der Waals surface area contributed by atoms with Crippen molar-refractivity contribution in [2.24, 2.45) is 5.10 Å². The normalized spacial score (nSPS) is 11.2. The molecule has 0 radical (unpaired) electrons. The molecule has 5 aromatic rings. The second-order valence-corrected chi connectivity index (χ2v) is 8.27. The van der Waals surface area contributed by atoms with Gasteiger partial charge < -0.3 is 9.47 Å². The van der Waals surface area contributed by atoms with Gasteiger partial charge in [-0.3, -0.25) is 0 Å². The van der Waals surface area contributed by atoms with Crippen LogP contribution in [0.3, 0.4) is 0 Å². The first-order valence-corrected chi connectivity index (χ1v) is 11.8. The average Bonchev–Trinajstić information content (AvgIpc) is 3.27. The number of aromatic amines is 1. The minimum atomic E-state index is 0.417. The number of H-pyrrole nitrogens is 1. The van der Waals surface area contributed by atoms with E-state index in [1.165, 1.54) is 10.8 Å². The molecule has 0 spiro atoms. The van der Waals surface area contributed by atoms with E-state index < -0.39 is 0 Å². The van der Waals surface area contributed by atoms with Crippen LogP contribution in [0, 0.1) is 4.77 Å². The van der Waals surface area contributed by atoms with Gasteiger partial charge in [0.2, 0.25) is 4.77 Å². The van der Waals surface area contributed by atoms with Gasteiger partial charge in [-0.15, -0.1) is 0 Å². The summed E-state index contributed by atoms with van der Waals surface area (Å²) in [5.74, 6) is 1.99. The molecular formula is C28H24N4O2S. The fourth-order valence-electron chi connectivity index (χ4n) is 3.78. The quantitative estimate of drug-likeness (QED) is 0.200. The number of fused-ring (bicyclic) bond motifs is 1. The van der Waals surface area contributed by atoms with E-state index in [1.54, 1.807) is 10.9 Å². The Kier molecular flexibility index (Phi) is 6.68. The maximum atomic E-state index is 6.12. The van der Waals surface area contributed by atoms with Crippen LogP contribution in [0.25, 0.3) is 22.2 Å². The Morgan fingerprint density at radius 1 is 0.886 bits per heavy atom. The maximum Gasteiger partial charge on any atom is 0.216 e. The van der Waals surface area contributed by atoms with Crippen LogP contribution in [0.1, 0.15) is 18.1 Å². The monoisotopic (exact) mass is 480 g/mol. The molecule has 4 aromatic carbocycles. The molecule has 6 nitrogen and oxygen atoms in total. The molecule has 7 heteroatoms. The Balaban J connectivity index is 1.36. The van der Waals surface area contributed by atoms with E-state index in [0.717, 1.165) is 16.7 Å². The number of benzene rings is 4. The zero-order chi connectivity index (χ0) is 24.0. The van der Waals surface area contributed by atoms with E-state index in [2.05, 4.69) is 45.6 Å². The summed E-state index contributed by atoms with van der Waals surface area (Å²) in [4.78, 5) is 0. The third-order valence-corrected chi connectivity index (χ3v) is 5.74. The van der Waals surface area contributed by atoms with Gasteiger partial charge in [-0.05, 0) is 65.3 Å². The van der Waals surface area contributed by atoms with E-state index in [1.807, 2.05) is 67.6 Å². The van der Waals surface area contributed by atoms with Crippen molar-refractivity contribution < 1.29 is 9.47 Å². The summed E-state index contributed by atoms with van der Waals surface area (Å²) in [6, 6.07) is 30.2. The van der Waals surface area contributed by atoms with Gasteiger partial charge in [-0.2, -0.15) is 14.9 Å². The van der Waals surface area contributed by atoms with E-state index in [0.29, 0.717) is 35.3 Å². The molecule has 0 amide bonds. The van der Waals surface area contributed by atoms with Gasteiger partial charge in [0.15, 0.2) is 17.3 Å². The summed E-state index contributed by atoms with van der Waals surface area (Å²) in [6.07, 6.45) is 1.73. The van der Waals surface area contributed by atoms with Crippen LogP contribution >= 0.6 is 12.2 Å². The number of hydrogen-bond acceptors (Lipinski definition) is 5. The van der Waals surface area contributed by atoms with Crippen LogP contribution < -0.4 is 9.47 Å². The summed E-state index contributed by atoms with van der Waals surface area (Å²) >= 11 is 5.37. The molecule has 35 heavy (non-hydrogen) atoms. The van der Waals surface area contributed by atoms with Crippen LogP contribution in [0.5, 0.6) is 11.5 Å². The molecule has 0 unspecified atom stereocenters. The van der Waals surface area contributed by atoms with Crippen LogP contribution in [-0.2, 0) is 6.61 Å². The van der Waals surface area contributed by atoms with Crippen molar-refractivity contribution in [1.29, 1.82) is 0 Å². The lowest BCUT2D eigenvalue weighted by Crippen LogP contribution is -2.01. The molecule has 174 valence electrons. The van der Waals surface area contributed by atoms with Crippen LogP contribution in [0.4, 0.5) is 0 Å². The third kappa shape index (κ3) is 5.15. The summed E-state index contributed by atoms with van der Waals surface area (Å²) in [6.45, 7) is 2.92. The van der Waals surface area contributed by atoms with E-state index >= 15 is 0 Å². The van der Waals surface area contributed by atoms with Gasteiger partial charge >= 0.3 is 0 Å². The number of aromatic nitrogens is 3. The largest absolute Gasteiger partial charge is 0.490 e. The van der Waals surface area contributed by atoms with Crippen molar-refractivity contribution >= 4 is 29.2 Å². The smallest absolute Gasteiger partial charge is 0.216 e. The topological polar surface area (TPSA) is 64.4 Å². The van der Waals surface area contributed by atoms with Gasteiger partial charge in [0.1, 0.15) is 6.61 Å². The first-order valence-electron chi connectivity index (χ1n) is 11.4. The number of hydrogen-bond donors (Lipinski definition) is 1. The highest BCUT2D eigenvalue weighted by Gasteiger charge is 2.09. The molecule has 1 aromatic heterocycles. The van der Waals surface area contributed by atoms with Crippen molar-refractivity contribution in [2.75, 3.05) is 6.61 Å². The highest BCUT2D eigenvalue weighted by molar-refractivity contribution is 7.71. The number of nitrogens with zero attached hydrogens (tertiary/aromatic N) is 3. The second-order valence-electron chi connectivity index (χ2n) is 7.88. The van der Waals surface area contributed by atoms with Crippen molar-refractivity contribution in [3.05, 3.63) is 107 Å². The van der Waals surface area contributed by atoms with E-state index in [4.69, 9.17) is 21.7 Å². The molecule has 0 aliphatic carbocycles. The lowest BCUT2D eigenvalue weighted by atomic mass is 10.1. The summed E-state index contributed by atoms with van der Waals surface area (Å²) in [5.41, 5.74) is 2.87. The molecule has 1 heterocycles. The van der Waals surface area contributed by atoms with Gasteiger partial charge in [0.05, 0.1) is 12.8 Å². The minimum Gasteiger partial charge on any atom is -0.490 e. The molecule has 0 bridgehead atoms. The predicted octanol–water partition coefficient (Wildman–Crippen LogP) is 6.62. The maximum absolute atomic E-state index is 6.12. The van der Waals surface area contributed by atoms with E-state index in [-0.39, 0.29) is 0 Å². The Morgan fingerprint density at radius 2 is 1.69 bits per heavy atom. The molecule has 0 saturated carbocycles.